The maximum Gasteiger partial charge on any atom is 0.338 e. The molecular weight excluding hydrogens is 392 g/mol. The Hall–Kier alpha value is -2.28. The van der Waals surface area contributed by atoms with Gasteiger partial charge in [-0.2, -0.15) is 0 Å². The summed E-state index contributed by atoms with van der Waals surface area (Å²) in [5.41, 5.74) is 1.54. The molecule has 2 aromatic carbocycles. The van der Waals surface area contributed by atoms with E-state index in [9.17, 15) is 9.90 Å². The molecule has 1 fully saturated rings. The van der Waals surface area contributed by atoms with Crippen molar-refractivity contribution >= 4 is 23.3 Å². The van der Waals surface area contributed by atoms with Gasteiger partial charge in [-0.3, -0.25) is 4.90 Å². The Kier molecular flexibility index (Phi) is 7.75. The molecule has 1 N–H and O–H groups in total. The number of esters is 1. The van der Waals surface area contributed by atoms with Crippen molar-refractivity contribution in [1.29, 1.82) is 0 Å². The number of β-amino-alcohol motifs (C(OH)–C–C–N with tert-alkyl or cyclic N) is 1. The number of aliphatic hydroxyl groups is 1. The third kappa shape index (κ3) is 6.10. The largest absolute Gasteiger partial charge is 0.491 e. The molecule has 1 saturated heterocycles. The lowest BCUT2D eigenvalue weighted by atomic mass is 10.2. The Labute approximate surface area is 176 Å². The van der Waals surface area contributed by atoms with E-state index in [-0.39, 0.29) is 12.6 Å². The molecule has 3 rings (SSSR count). The van der Waals surface area contributed by atoms with E-state index in [0.717, 1.165) is 36.9 Å². The molecule has 0 saturated carbocycles. The van der Waals surface area contributed by atoms with Gasteiger partial charge in [0.25, 0.3) is 0 Å². The number of carbonyl (C=O) groups is 1. The topological polar surface area (TPSA) is 62.2 Å². The summed E-state index contributed by atoms with van der Waals surface area (Å²) in [5.74, 6) is 0.260. The van der Waals surface area contributed by atoms with E-state index in [1.807, 2.05) is 24.3 Å². The van der Waals surface area contributed by atoms with Gasteiger partial charge in [0, 0.05) is 32.7 Å². The van der Waals surface area contributed by atoms with E-state index in [4.69, 9.17) is 21.1 Å². The first-order chi connectivity index (χ1) is 14.1. The summed E-state index contributed by atoms with van der Waals surface area (Å²) in [4.78, 5) is 16.2. The van der Waals surface area contributed by atoms with Crippen LogP contribution in [-0.4, -0.2) is 68.0 Å². The molecule has 1 aliphatic rings. The molecule has 1 atom stereocenters. The van der Waals surface area contributed by atoms with Gasteiger partial charge < -0.3 is 19.5 Å². The van der Waals surface area contributed by atoms with Crippen LogP contribution in [0.3, 0.4) is 0 Å². The zero-order valence-corrected chi connectivity index (χ0v) is 17.3. The average Bonchev–Trinajstić information content (AvgIpc) is 2.74. The Morgan fingerprint density at radius 1 is 1.10 bits per heavy atom. The second-order valence-corrected chi connectivity index (χ2v) is 7.36. The van der Waals surface area contributed by atoms with Crippen LogP contribution in [0.15, 0.2) is 48.5 Å². The van der Waals surface area contributed by atoms with Crippen LogP contribution in [-0.2, 0) is 4.74 Å². The van der Waals surface area contributed by atoms with Crippen molar-refractivity contribution in [1.82, 2.24) is 4.90 Å². The molecule has 0 aromatic heterocycles. The fraction of sp³-hybridized carbons (Fsp3) is 0.409. The number of nitrogens with zero attached hydrogens (tertiary/aromatic N) is 2. The smallest absolute Gasteiger partial charge is 0.338 e. The van der Waals surface area contributed by atoms with Crippen LogP contribution >= 0.6 is 11.6 Å². The molecule has 2 aromatic rings. The number of aliphatic hydroxyl groups excluding tert-OH is 1. The third-order valence-corrected chi connectivity index (χ3v) is 5.16. The summed E-state index contributed by atoms with van der Waals surface area (Å²) < 4.78 is 10.6. The number of carbonyl (C=O) groups excluding carboxylic acids is 1. The molecule has 0 unspecified atom stereocenters. The monoisotopic (exact) mass is 418 g/mol. The highest BCUT2D eigenvalue weighted by molar-refractivity contribution is 6.33. The van der Waals surface area contributed by atoms with E-state index < -0.39 is 6.10 Å². The second-order valence-electron chi connectivity index (χ2n) is 6.95. The van der Waals surface area contributed by atoms with Gasteiger partial charge in [0.1, 0.15) is 18.5 Å². The number of hydrogen-bond donors (Lipinski definition) is 1. The second kappa shape index (κ2) is 10.5. The van der Waals surface area contributed by atoms with Crippen LogP contribution in [0, 0.1) is 0 Å². The van der Waals surface area contributed by atoms with Crippen LogP contribution in [0.1, 0.15) is 17.3 Å². The van der Waals surface area contributed by atoms with Crippen molar-refractivity contribution in [3.05, 3.63) is 59.1 Å². The predicted octanol–water partition coefficient (Wildman–Crippen LogP) is 3.08. The van der Waals surface area contributed by atoms with Gasteiger partial charge in [-0.15, -0.1) is 0 Å². The molecular formula is C22H27ClN2O4. The first-order valence-corrected chi connectivity index (χ1v) is 10.2. The fourth-order valence-corrected chi connectivity index (χ4v) is 3.58. The standard InChI is InChI=1S/C22H27ClN2O4/c1-2-28-22(27)17-7-9-19(10-8-17)29-16-18(26)15-24-11-13-25(14-12-24)21-6-4-3-5-20(21)23/h3-10,18,26H,2,11-16H2,1H3/t18-/m0/s1. The summed E-state index contributed by atoms with van der Waals surface area (Å²) in [6.07, 6.45) is -0.591. The normalized spacial score (nSPS) is 15.8. The van der Waals surface area contributed by atoms with Gasteiger partial charge in [-0.1, -0.05) is 23.7 Å². The lowest BCUT2D eigenvalue weighted by Gasteiger charge is -2.37. The number of hydrogen-bond acceptors (Lipinski definition) is 6. The maximum atomic E-state index is 11.7. The average molecular weight is 419 g/mol. The van der Waals surface area contributed by atoms with Crippen molar-refractivity contribution in [2.75, 3.05) is 50.8 Å². The number of para-hydroxylation sites is 1. The van der Waals surface area contributed by atoms with Gasteiger partial charge in [-0.25, -0.2) is 4.79 Å². The summed E-state index contributed by atoms with van der Waals surface area (Å²) >= 11 is 6.28. The number of anilines is 1. The van der Waals surface area contributed by atoms with Crippen molar-refractivity contribution in [2.24, 2.45) is 0 Å². The molecule has 0 bridgehead atoms. The minimum absolute atomic E-state index is 0.198. The molecule has 0 radical (unpaired) electrons. The molecule has 156 valence electrons. The molecule has 1 aliphatic heterocycles. The highest BCUT2D eigenvalue weighted by atomic mass is 35.5. The van der Waals surface area contributed by atoms with Crippen molar-refractivity contribution < 1.29 is 19.4 Å². The van der Waals surface area contributed by atoms with Crippen LogP contribution in [0.5, 0.6) is 5.75 Å². The van der Waals surface area contributed by atoms with E-state index in [2.05, 4.69) is 9.80 Å². The SMILES string of the molecule is CCOC(=O)c1ccc(OC[C@@H](O)CN2CCN(c3ccccc3Cl)CC2)cc1. The number of benzene rings is 2. The highest BCUT2D eigenvalue weighted by Gasteiger charge is 2.21. The zero-order chi connectivity index (χ0) is 20.6. The minimum Gasteiger partial charge on any atom is -0.491 e. The van der Waals surface area contributed by atoms with Crippen LogP contribution in [0.4, 0.5) is 5.69 Å². The van der Waals surface area contributed by atoms with E-state index >= 15 is 0 Å². The first-order valence-electron chi connectivity index (χ1n) is 9.86. The fourth-order valence-electron chi connectivity index (χ4n) is 3.32. The van der Waals surface area contributed by atoms with Gasteiger partial charge in [0.05, 0.1) is 22.9 Å². The highest BCUT2D eigenvalue weighted by Crippen LogP contribution is 2.26. The van der Waals surface area contributed by atoms with E-state index in [0.29, 0.717) is 24.5 Å². The van der Waals surface area contributed by atoms with Crippen molar-refractivity contribution in [3.8, 4) is 5.75 Å². The lowest BCUT2D eigenvalue weighted by Crippen LogP contribution is -2.49. The van der Waals surface area contributed by atoms with Crippen LogP contribution in [0.25, 0.3) is 0 Å². The van der Waals surface area contributed by atoms with Gasteiger partial charge >= 0.3 is 5.97 Å². The maximum absolute atomic E-state index is 11.7. The first kappa shape index (κ1) is 21.4. The molecule has 29 heavy (non-hydrogen) atoms. The summed E-state index contributed by atoms with van der Waals surface area (Å²) in [6.45, 7) is 6.32. The summed E-state index contributed by atoms with van der Waals surface area (Å²) in [5, 5.41) is 11.1. The molecule has 0 aliphatic carbocycles. The predicted molar refractivity (Wildman–Crippen MR) is 114 cm³/mol. The molecule has 0 amide bonds. The number of rotatable bonds is 8. The van der Waals surface area contributed by atoms with E-state index in [1.54, 1.807) is 31.2 Å². The Bertz CT molecular complexity index is 792. The lowest BCUT2D eigenvalue weighted by molar-refractivity contribution is 0.0525. The van der Waals surface area contributed by atoms with Gasteiger partial charge in [-0.05, 0) is 43.3 Å². The molecule has 1 heterocycles. The summed E-state index contributed by atoms with van der Waals surface area (Å²) in [6, 6.07) is 14.6. The molecule has 0 spiro atoms. The van der Waals surface area contributed by atoms with Gasteiger partial charge in [0.2, 0.25) is 0 Å². The Morgan fingerprint density at radius 2 is 1.79 bits per heavy atom. The molecule has 7 heteroatoms. The quantitative estimate of drug-likeness (QED) is 0.665. The van der Waals surface area contributed by atoms with E-state index in [1.165, 1.54) is 0 Å². The van der Waals surface area contributed by atoms with Crippen LogP contribution in [0.2, 0.25) is 5.02 Å². The third-order valence-electron chi connectivity index (χ3n) is 4.84. The van der Waals surface area contributed by atoms with Crippen molar-refractivity contribution in [3.63, 3.8) is 0 Å². The Balaban J connectivity index is 1.41. The number of piperazine rings is 1. The zero-order valence-electron chi connectivity index (χ0n) is 16.6. The Morgan fingerprint density at radius 3 is 2.45 bits per heavy atom. The van der Waals surface area contributed by atoms with Crippen LogP contribution < -0.4 is 9.64 Å². The van der Waals surface area contributed by atoms with Crippen molar-refractivity contribution in [2.45, 2.75) is 13.0 Å². The number of ether oxygens (including phenoxy) is 2. The minimum atomic E-state index is -0.591. The number of halogens is 1. The molecule has 6 nitrogen and oxygen atoms in total. The summed E-state index contributed by atoms with van der Waals surface area (Å²) in [7, 11) is 0. The van der Waals surface area contributed by atoms with Gasteiger partial charge in [0.15, 0.2) is 0 Å².